The molecule has 2 fully saturated rings. The molecule has 3 N–H and O–H groups in total. The highest BCUT2D eigenvalue weighted by molar-refractivity contribution is 5.88. The summed E-state index contributed by atoms with van der Waals surface area (Å²) in [6.45, 7) is 5.00. The van der Waals surface area contributed by atoms with Gasteiger partial charge >= 0.3 is 0 Å². The summed E-state index contributed by atoms with van der Waals surface area (Å²) >= 11 is 0. The average molecular weight is 290 g/mol. The van der Waals surface area contributed by atoms with Crippen molar-refractivity contribution in [3.63, 3.8) is 0 Å². The molecule has 1 aliphatic heterocycles. The van der Waals surface area contributed by atoms with Crippen molar-refractivity contribution in [2.75, 3.05) is 24.6 Å². The van der Waals surface area contributed by atoms with Gasteiger partial charge in [-0.2, -0.15) is 0 Å². The third-order valence-electron chi connectivity index (χ3n) is 4.07. The van der Waals surface area contributed by atoms with Crippen LogP contribution in [0.4, 0.5) is 5.82 Å². The molecule has 6 heteroatoms. The number of ether oxygens (including phenoxy) is 1. The van der Waals surface area contributed by atoms with Gasteiger partial charge in [0.1, 0.15) is 5.82 Å². The van der Waals surface area contributed by atoms with E-state index in [2.05, 4.69) is 22.1 Å². The highest BCUT2D eigenvalue weighted by atomic mass is 16.5. The molecule has 6 nitrogen and oxygen atoms in total. The standard InChI is InChI=1S/C15H22N4O2/c1-11-10-19(6-7-21-11)13-3-2-12(8-17-13)9-18-14(20)15(16)4-5-15/h2-3,8,11H,4-7,9-10,16H2,1H3,(H,18,20). The molecular formula is C15H22N4O2. The van der Waals surface area contributed by atoms with Gasteiger partial charge < -0.3 is 20.7 Å². The van der Waals surface area contributed by atoms with E-state index >= 15 is 0 Å². The number of nitrogens with one attached hydrogen (secondary N) is 1. The number of nitrogens with two attached hydrogens (primary N) is 1. The van der Waals surface area contributed by atoms with Crippen molar-refractivity contribution in [2.45, 2.75) is 38.0 Å². The van der Waals surface area contributed by atoms with Gasteiger partial charge in [0, 0.05) is 25.8 Å². The van der Waals surface area contributed by atoms with Crippen molar-refractivity contribution < 1.29 is 9.53 Å². The van der Waals surface area contributed by atoms with E-state index < -0.39 is 5.54 Å². The fourth-order valence-corrected chi connectivity index (χ4v) is 2.45. The number of amides is 1. The summed E-state index contributed by atoms with van der Waals surface area (Å²) in [6.07, 6.45) is 3.61. The van der Waals surface area contributed by atoms with Gasteiger partial charge in [-0.1, -0.05) is 6.07 Å². The highest BCUT2D eigenvalue weighted by Crippen LogP contribution is 2.32. The molecule has 1 atom stereocenters. The van der Waals surface area contributed by atoms with E-state index in [-0.39, 0.29) is 12.0 Å². The second-order valence-corrected chi connectivity index (χ2v) is 5.99. The van der Waals surface area contributed by atoms with Crippen molar-refractivity contribution in [3.05, 3.63) is 23.9 Å². The second-order valence-electron chi connectivity index (χ2n) is 5.99. The monoisotopic (exact) mass is 290 g/mol. The minimum absolute atomic E-state index is 0.0615. The maximum absolute atomic E-state index is 11.8. The molecule has 1 aromatic rings. The van der Waals surface area contributed by atoms with Gasteiger partial charge in [-0.25, -0.2) is 4.98 Å². The summed E-state index contributed by atoms with van der Waals surface area (Å²) in [7, 11) is 0. The van der Waals surface area contributed by atoms with Crippen molar-refractivity contribution >= 4 is 11.7 Å². The first-order valence-corrected chi connectivity index (χ1v) is 7.45. The van der Waals surface area contributed by atoms with E-state index in [0.29, 0.717) is 6.54 Å². The van der Waals surface area contributed by atoms with Crippen LogP contribution in [-0.4, -0.2) is 42.2 Å². The molecule has 2 heterocycles. The maximum atomic E-state index is 11.8. The van der Waals surface area contributed by atoms with Crippen molar-refractivity contribution in [2.24, 2.45) is 5.73 Å². The van der Waals surface area contributed by atoms with Crippen molar-refractivity contribution in [1.29, 1.82) is 0 Å². The van der Waals surface area contributed by atoms with Crippen LogP contribution in [0.2, 0.25) is 0 Å². The van der Waals surface area contributed by atoms with Crippen molar-refractivity contribution in [3.8, 4) is 0 Å². The lowest BCUT2D eigenvalue weighted by atomic mass is 10.2. The molecule has 1 aliphatic carbocycles. The van der Waals surface area contributed by atoms with Gasteiger partial charge in [0.15, 0.2) is 0 Å². The number of carbonyl (C=O) groups is 1. The van der Waals surface area contributed by atoms with Crippen LogP contribution in [0.5, 0.6) is 0 Å². The van der Waals surface area contributed by atoms with Crippen LogP contribution < -0.4 is 16.0 Å². The lowest BCUT2D eigenvalue weighted by molar-refractivity contribution is -0.123. The van der Waals surface area contributed by atoms with Gasteiger partial charge in [-0.3, -0.25) is 4.79 Å². The van der Waals surface area contributed by atoms with E-state index in [1.807, 2.05) is 18.3 Å². The summed E-state index contributed by atoms with van der Waals surface area (Å²) in [5, 5.41) is 2.87. The first-order valence-electron chi connectivity index (χ1n) is 7.45. The smallest absolute Gasteiger partial charge is 0.240 e. The molecule has 1 amide bonds. The fourth-order valence-electron chi connectivity index (χ4n) is 2.45. The Bertz CT molecular complexity index is 513. The van der Waals surface area contributed by atoms with E-state index in [0.717, 1.165) is 43.9 Å². The second kappa shape index (κ2) is 5.61. The molecule has 0 aromatic carbocycles. The Morgan fingerprint density at radius 2 is 2.38 bits per heavy atom. The zero-order valence-corrected chi connectivity index (χ0v) is 12.3. The Labute approximate surface area is 124 Å². The Morgan fingerprint density at radius 1 is 1.57 bits per heavy atom. The topological polar surface area (TPSA) is 80.5 Å². The fraction of sp³-hybridized carbons (Fsp3) is 0.600. The zero-order valence-electron chi connectivity index (χ0n) is 12.3. The zero-order chi connectivity index (χ0) is 14.9. The van der Waals surface area contributed by atoms with Crippen molar-refractivity contribution in [1.82, 2.24) is 10.3 Å². The van der Waals surface area contributed by atoms with Gasteiger partial charge in [0.25, 0.3) is 0 Å². The van der Waals surface area contributed by atoms with E-state index in [4.69, 9.17) is 10.5 Å². The average Bonchev–Trinajstić information content (AvgIpc) is 3.24. The van der Waals surface area contributed by atoms with Crippen LogP contribution in [0, 0.1) is 0 Å². The Kier molecular flexibility index (Phi) is 3.82. The number of hydrogen-bond donors (Lipinski definition) is 2. The Hall–Kier alpha value is -1.66. The molecular weight excluding hydrogens is 268 g/mol. The predicted molar refractivity (Wildman–Crippen MR) is 79.9 cm³/mol. The molecule has 3 rings (SSSR count). The highest BCUT2D eigenvalue weighted by Gasteiger charge is 2.45. The Morgan fingerprint density at radius 3 is 3.00 bits per heavy atom. The molecule has 0 radical (unpaired) electrons. The Balaban J connectivity index is 1.55. The summed E-state index contributed by atoms with van der Waals surface area (Å²) in [5.74, 6) is 0.895. The summed E-state index contributed by atoms with van der Waals surface area (Å²) < 4.78 is 5.53. The number of nitrogens with zero attached hydrogens (tertiary/aromatic N) is 2. The van der Waals surface area contributed by atoms with Gasteiger partial charge in [-0.05, 0) is 31.4 Å². The molecule has 1 aromatic heterocycles. The lowest BCUT2D eigenvalue weighted by Crippen LogP contribution is -2.42. The molecule has 1 saturated heterocycles. The largest absolute Gasteiger partial charge is 0.375 e. The maximum Gasteiger partial charge on any atom is 0.240 e. The van der Waals surface area contributed by atoms with Gasteiger partial charge in [-0.15, -0.1) is 0 Å². The van der Waals surface area contributed by atoms with Crippen LogP contribution in [0.15, 0.2) is 18.3 Å². The minimum atomic E-state index is -0.614. The SMILES string of the molecule is CC1CN(c2ccc(CNC(=O)C3(N)CC3)cn2)CCO1. The molecule has 0 bridgehead atoms. The number of carbonyl (C=O) groups excluding carboxylic acids is 1. The van der Waals surface area contributed by atoms with E-state index in [1.54, 1.807) is 0 Å². The summed E-state index contributed by atoms with van der Waals surface area (Å²) in [5.41, 5.74) is 6.21. The van der Waals surface area contributed by atoms with Crippen LogP contribution in [0.1, 0.15) is 25.3 Å². The van der Waals surface area contributed by atoms with E-state index in [9.17, 15) is 4.79 Å². The third-order valence-corrected chi connectivity index (χ3v) is 4.07. The first-order chi connectivity index (χ1) is 10.1. The lowest BCUT2D eigenvalue weighted by Gasteiger charge is -2.32. The quantitative estimate of drug-likeness (QED) is 0.840. The van der Waals surface area contributed by atoms with Crippen LogP contribution in [0.25, 0.3) is 0 Å². The number of hydrogen-bond acceptors (Lipinski definition) is 5. The third kappa shape index (κ3) is 3.33. The van der Waals surface area contributed by atoms with Gasteiger partial charge in [0.2, 0.25) is 5.91 Å². The normalized spacial score (nSPS) is 23.7. The number of pyridine rings is 1. The molecule has 2 aliphatic rings. The molecule has 114 valence electrons. The molecule has 1 saturated carbocycles. The van der Waals surface area contributed by atoms with Gasteiger partial charge in [0.05, 0.1) is 18.2 Å². The van der Waals surface area contributed by atoms with Crippen LogP contribution in [0.3, 0.4) is 0 Å². The first kappa shape index (κ1) is 14.3. The number of aromatic nitrogens is 1. The number of morpholine rings is 1. The summed E-state index contributed by atoms with van der Waals surface area (Å²) in [6, 6.07) is 3.99. The number of anilines is 1. The molecule has 1 unspecified atom stereocenters. The number of rotatable bonds is 4. The minimum Gasteiger partial charge on any atom is -0.375 e. The predicted octanol–water partition coefficient (Wildman–Crippen LogP) is 0.414. The van der Waals surface area contributed by atoms with Crippen LogP contribution in [-0.2, 0) is 16.1 Å². The summed E-state index contributed by atoms with van der Waals surface area (Å²) in [4.78, 5) is 18.5. The van der Waals surface area contributed by atoms with Crippen LogP contribution >= 0.6 is 0 Å². The molecule has 0 spiro atoms. The molecule has 21 heavy (non-hydrogen) atoms. The van der Waals surface area contributed by atoms with E-state index in [1.165, 1.54) is 0 Å².